The molecular weight excluding hydrogens is 352 g/mol. The fourth-order valence-corrected chi connectivity index (χ4v) is 2.81. The van der Waals surface area contributed by atoms with Gasteiger partial charge in [-0.1, -0.05) is 0 Å². The van der Waals surface area contributed by atoms with Gasteiger partial charge in [0, 0.05) is 16.6 Å². The highest BCUT2D eigenvalue weighted by Gasteiger charge is 2.12. The van der Waals surface area contributed by atoms with E-state index in [2.05, 4.69) is 10.3 Å². The molecule has 0 atom stereocenters. The number of nitrogens with zero attached hydrogens (tertiary/aromatic N) is 1. The van der Waals surface area contributed by atoms with Crippen LogP contribution < -0.4 is 19.5 Å². The van der Waals surface area contributed by atoms with Crippen molar-refractivity contribution in [3.8, 4) is 17.2 Å². The molecule has 3 aromatic rings. The standard InChI is InChI=1S/C19H18N2O4S/c1-23-16-6-4-14(5-7-16)21-19(22)13-3-8-17(18(9-13)24-2)25-10-15-11-26-12-20-15/h3-9,11-12H,10H2,1-2H3,(H,21,22). The Kier molecular flexibility index (Phi) is 5.70. The van der Waals surface area contributed by atoms with E-state index >= 15 is 0 Å². The van der Waals surface area contributed by atoms with Gasteiger partial charge in [0.1, 0.15) is 12.4 Å². The Balaban J connectivity index is 1.69. The van der Waals surface area contributed by atoms with E-state index < -0.39 is 0 Å². The summed E-state index contributed by atoms with van der Waals surface area (Å²) in [5.74, 6) is 1.54. The van der Waals surface area contributed by atoms with Gasteiger partial charge in [-0.25, -0.2) is 4.98 Å². The van der Waals surface area contributed by atoms with Gasteiger partial charge in [-0.3, -0.25) is 4.79 Å². The normalized spacial score (nSPS) is 10.2. The van der Waals surface area contributed by atoms with Gasteiger partial charge in [-0.05, 0) is 42.5 Å². The van der Waals surface area contributed by atoms with Crippen molar-refractivity contribution in [2.45, 2.75) is 6.61 Å². The Labute approximate surface area is 155 Å². The number of carbonyl (C=O) groups is 1. The molecule has 0 saturated heterocycles. The van der Waals surface area contributed by atoms with E-state index in [-0.39, 0.29) is 5.91 Å². The number of hydrogen-bond acceptors (Lipinski definition) is 6. The number of carbonyl (C=O) groups excluding carboxylic acids is 1. The lowest BCUT2D eigenvalue weighted by atomic mass is 10.1. The highest BCUT2D eigenvalue weighted by molar-refractivity contribution is 7.07. The maximum absolute atomic E-state index is 12.4. The molecule has 1 N–H and O–H groups in total. The Hall–Kier alpha value is -3.06. The summed E-state index contributed by atoms with van der Waals surface area (Å²) in [6.07, 6.45) is 0. The lowest BCUT2D eigenvalue weighted by Gasteiger charge is -2.12. The lowest BCUT2D eigenvalue weighted by molar-refractivity contribution is 0.102. The second-order valence-corrected chi connectivity index (χ2v) is 6.04. The molecule has 0 aliphatic carbocycles. The van der Waals surface area contributed by atoms with Gasteiger partial charge in [0.2, 0.25) is 0 Å². The summed E-state index contributed by atoms with van der Waals surface area (Å²) in [6, 6.07) is 12.2. The third-order valence-electron chi connectivity index (χ3n) is 3.63. The number of ether oxygens (including phenoxy) is 3. The molecule has 0 saturated carbocycles. The van der Waals surface area contributed by atoms with Crippen molar-refractivity contribution in [3.05, 3.63) is 64.6 Å². The molecule has 1 heterocycles. The maximum Gasteiger partial charge on any atom is 0.255 e. The van der Waals surface area contributed by atoms with E-state index in [4.69, 9.17) is 14.2 Å². The number of rotatable bonds is 7. The predicted molar refractivity (Wildman–Crippen MR) is 100 cm³/mol. The van der Waals surface area contributed by atoms with Crippen LogP contribution in [0.5, 0.6) is 17.2 Å². The Morgan fingerprint density at radius 3 is 2.54 bits per heavy atom. The molecule has 0 unspecified atom stereocenters. The molecule has 0 aliphatic rings. The summed E-state index contributed by atoms with van der Waals surface area (Å²) >= 11 is 1.51. The van der Waals surface area contributed by atoms with Gasteiger partial charge in [-0.2, -0.15) is 0 Å². The summed E-state index contributed by atoms with van der Waals surface area (Å²) in [7, 11) is 3.13. The van der Waals surface area contributed by atoms with Crippen LogP contribution in [0.15, 0.2) is 53.4 Å². The van der Waals surface area contributed by atoms with E-state index in [1.165, 1.54) is 18.4 Å². The summed E-state index contributed by atoms with van der Waals surface area (Å²) in [4.78, 5) is 16.6. The molecule has 134 valence electrons. The number of nitrogens with one attached hydrogen (secondary N) is 1. The first-order valence-corrected chi connectivity index (χ1v) is 8.77. The summed E-state index contributed by atoms with van der Waals surface area (Å²) in [6.45, 7) is 0.344. The molecule has 3 rings (SSSR count). The van der Waals surface area contributed by atoms with E-state index in [0.717, 1.165) is 11.4 Å². The topological polar surface area (TPSA) is 69.7 Å². The van der Waals surface area contributed by atoms with E-state index in [1.807, 2.05) is 5.38 Å². The molecule has 2 aromatic carbocycles. The molecule has 1 amide bonds. The van der Waals surface area contributed by atoms with Crippen molar-refractivity contribution < 1.29 is 19.0 Å². The third kappa shape index (κ3) is 4.31. The van der Waals surface area contributed by atoms with Crippen molar-refractivity contribution in [3.63, 3.8) is 0 Å². The van der Waals surface area contributed by atoms with Crippen LogP contribution in [0.25, 0.3) is 0 Å². The molecule has 26 heavy (non-hydrogen) atoms. The minimum Gasteiger partial charge on any atom is -0.497 e. The Morgan fingerprint density at radius 2 is 1.88 bits per heavy atom. The van der Waals surface area contributed by atoms with Crippen LogP contribution >= 0.6 is 11.3 Å². The van der Waals surface area contributed by atoms with Gasteiger partial charge in [-0.15, -0.1) is 11.3 Å². The number of aromatic nitrogens is 1. The van der Waals surface area contributed by atoms with Gasteiger partial charge in [0.15, 0.2) is 11.5 Å². The van der Waals surface area contributed by atoms with Crippen LogP contribution in [0, 0.1) is 0 Å². The highest BCUT2D eigenvalue weighted by atomic mass is 32.1. The van der Waals surface area contributed by atoms with Crippen molar-refractivity contribution in [1.82, 2.24) is 4.98 Å². The first-order valence-electron chi connectivity index (χ1n) is 7.83. The number of anilines is 1. The zero-order chi connectivity index (χ0) is 18.4. The average Bonchev–Trinajstić information content (AvgIpc) is 3.20. The monoisotopic (exact) mass is 370 g/mol. The first kappa shape index (κ1) is 17.8. The molecule has 0 aliphatic heterocycles. The molecule has 6 nitrogen and oxygen atoms in total. The average molecular weight is 370 g/mol. The van der Waals surface area contributed by atoms with Crippen molar-refractivity contribution in [2.24, 2.45) is 0 Å². The van der Waals surface area contributed by atoms with Crippen molar-refractivity contribution in [2.75, 3.05) is 19.5 Å². The first-order chi connectivity index (χ1) is 12.7. The largest absolute Gasteiger partial charge is 0.497 e. The molecular formula is C19H18N2O4S. The zero-order valence-corrected chi connectivity index (χ0v) is 15.2. The second kappa shape index (κ2) is 8.35. The van der Waals surface area contributed by atoms with Gasteiger partial charge in [0.05, 0.1) is 25.4 Å². The quantitative estimate of drug-likeness (QED) is 0.681. The van der Waals surface area contributed by atoms with Crippen LogP contribution in [0.2, 0.25) is 0 Å². The molecule has 0 fully saturated rings. The van der Waals surface area contributed by atoms with Crippen molar-refractivity contribution in [1.29, 1.82) is 0 Å². The van der Waals surface area contributed by atoms with Crippen LogP contribution in [0.3, 0.4) is 0 Å². The third-order valence-corrected chi connectivity index (χ3v) is 4.27. The molecule has 0 radical (unpaired) electrons. The highest BCUT2D eigenvalue weighted by Crippen LogP contribution is 2.29. The summed E-state index contributed by atoms with van der Waals surface area (Å²) < 4.78 is 16.2. The van der Waals surface area contributed by atoms with Gasteiger partial charge in [0.25, 0.3) is 5.91 Å². The van der Waals surface area contributed by atoms with Crippen LogP contribution in [-0.4, -0.2) is 25.1 Å². The van der Waals surface area contributed by atoms with Crippen LogP contribution in [0.4, 0.5) is 5.69 Å². The van der Waals surface area contributed by atoms with Crippen LogP contribution in [0.1, 0.15) is 16.1 Å². The predicted octanol–water partition coefficient (Wildman–Crippen LogP) is 3.99. The number of thiazole rings is 1. The number of methoxy groups -OCH3 is 2. The smallest absolute Gasteiger partial charge is 0.255 e. The van der Waals surface area contributed by atoms with E-state index in [9.17, 15) is 4.79 Å². The minimum atomic E-state index is -0.237. The summed E-state index contributed by atoms with van der Waals surface area (Å²) in [5.41, 5.74) is 3.75. The maximum atomic E-state index is 12.4. The summed E-state index contributed by atoms with van der Waals surface area (Å²) in [5, 5.41) is 4.75. The molecule has 1 aromatic heterocycles. The van der Waals surface area contributed by atoms with Gasteiger partial charge >= 0.3 is 0 Å². The molecule has 0 bridgehead atoms. The van der Waals surface area contributed by atoms with Crippen molar-refractivity contribution >= 4 is 22.9 Å². The Morgan fingerprint density at radius 1 is 1.08 bits per heavy atom. The number of hydrogen-bond donors (Lipinski definition) is 1. The Bertz CT molecular complexity index is 864. The fourth-order valence-electron chi connectivity index (χ4n) is 2.27. The number of amides is 1. The van der Waals surface area contributed by atoms with Crippen LogP contribution in [-0.2, 0) is 6.61 Å². The minimum absolute atomic E-state index is 0.237. The second-order valence-electron chi connectivity index (χ2n) is 5.32. The lowest BCUT2D eigenvalue weighted by Crippen LogP contribution is -2.12. The molecule has 0 spiro atoms. The number of benzene rings is 2. The van der Waals surface area contributed by atoms with E-state index in [1.54, 1.807) is 55.1 Å². The van der Waals surface area contributed by atoms with Gasteiger partial charge < -0.3 is 19.5 Å². The van der Waals surface area contributed by atoms with E-state index in [0.29, 0.717) is 29.4 Å². The SMILES string of the molecule is COc1ccc(NC(=O)c2ccc(OCc3cscn3)c(OC)c2)cc1. The fraction of sp³-hybridized carbons (Fsp3) is 0.158. The molecule has 7 heteroatoms. The zero-order valence-electron chi connectivity index (χ0n) is 14.4.